The van der Waals surface area contributed by atoms with Crippen LogP contribution in [0.4, 0.5) is 0 Å². The van der Waals surface area contributed by atoms with Gasteiger partial charge in [-0.2, -0.15) is 0 Å². The molecule has 1 rings (SSSR count). The molecule has 0 fully saturated rings. The van der Waals surface area contributed by atoms with Gasteiger partial charge in [0.15, 0.2) is 0 Å². The van der Waals surface area contributed by atoms with Crippen LogP contribution < -0.4 is 0 Å². The fraction of sp³-hybridized carbons (Fsp3) is 0.400. The van der Waals surface area contributed by atoms with Gasteiger partial charge >= 0.3 is 0 Å². The third kappa shape index (κ3) is 2.93. The largest absolute Gasteiger partial charge is 0.396 e. The monoisotopic (exact) mass is 292 g/mol. The van der Waals surface area contributed by atoms with Gasteiger partial charge in [-0.05, 0) is 47.2 Å². The predicted octanol–water partition coefficient (Wildman–Crippen LogP) is 1.88. The third-order valence-electron chi connectivity index (χ3n) is 2.06. The van der Waals surface area contributed by atoms with E-state index in [9.17, 15) is 5.11 Å². The Balaban J connectivity index is 2.87. The van der Waals surface area contributed by atoms with Crippen molar-refractivity contribution in [1.82, 2.24) is 0 Å². The first-order valence-electron chi connectivity index (χ1n) is 4.15. The second-order valence-corrected chi connectivity index (χ2v) is 4.50. The minimum absolute atomic E-state index is 0.00101. The standard InChI is InChI=1S/C10H13IO2/c1-10(13,6-7-12)8-2-4-9(11)5-3-8/h2-5,12-13H,6-7H2,1H3. The zero-order valence-electron chi connectivity index (χ0n) is 7.50. The number of halogens is 1. The highest BCUT2D eigenvalue weighted by Crippen LogP contribution is 2.24. The van der Waals surface area contributed by atoms with E-state index < -0.39 is 5.60 Å². The van der Waals surface area contributed by atoms with Crippen LogP contribution in [0.3, 0.4) is 0 Å². The average molecular weight is 292 g/mol. The van der Waals surface area contributed by atoms with Crippen molar-refractivity contribution in [3.8, 4) is 0 Å². The Bertz CT molecular complexity index is 267. The molecule has 2 nitrogen and oxygen atoms in total. The summed E-state index contributed by atoms with van der Waals surface area (Å²) in [5, 5.41) is 18.7. The van der Waals surface area contributed by atoms with Crippen LogP contribution in [0.2, 0.25) is 0 Å². The summed E-state index contributed by atoms with van der Waals surface area (Å²) in [6.07, 6.45) is 0.369. The smallest absolute Gasteiger partial charge is 0.0890 e. The zero-order valence-corrected chi connectivity index (χ0v) is 9.65. The topological polar surface area (TPSA) is 40.5 Å². The SMILES string of the molecule is CC(O)(CCO)c1ccc(I)cc1. The van der Waals surface area contributed by atoms with Crippen LogP contribution in [0.5, 0.6) is 0 Å². The summed E-state index contributed by atoms with van der Waals surface area (Å²) >= 11 is 2.22. The Labute approximate surface area is 91.7 Å². The fourth-order valence-corrected chi connectivity index (χ4v) is 1.53. The molecule has 0 aliphatic rings. The first-order valence-corrected chi connectivity index (χ1v) is 5.23. The Morgan fingerprint density at radius 3 is 2.31 bits per heavy atom. The molecule has 1 unspecified atom stereocenters. The average Bonchev–Trinajstić information content (AvgIpc) is 2.05. The highest BCUT2D eigenvalue weighted by molar-refractivity contribution is 14.1. The number of benzene rings is 1. The Kier molecular flexibility index (Phi) is 3.70. The van der Waals surface area contributed by atoms with Crippen LogP contribution >= 0.6 is 22.6 Å². The van der Waals surface area contributed by atoms with Crippen LogP contribution in [0, 0.1) is 3.57 Å². The van der Waals surface area contributed by atoms with E-state index in [1.54, 1.807) is 6.92 Å². The normalized spacial score (nSPS) is 15.4. The summed E-state index contributed by atoms with van der Waals surface area (Å²) in [5.41, 5.74) is -0.0685. The molecule has 1 atom stereocenters. The van der Waals surface area contributed by atoms with Crippen molar-refractivity contribution >= 4 is 22.6 Å². The van der Waals surface area contributed by atoms with Crippen molar-refractivity contribution in [2.75, 3.05) is 6.61 Å². The number of hydrogen-bond donors (Lipinski definition) is 2. The maximum Gasteiger partial charge on any atom is 0.0890 e. The predicted molar refractivity (Wildman–Crippen MR) is 60.4 cm³/mol. The van der Waals surface area contributed by atoms with Gasteiger partial charge in [0.05, 0.1) is 5.60 Å². The van der Waals surface area contributed by atoms with Crippen LogP contribution in [-0.2, 0) is 5.60 Å². The quantitative estimate of drug-likeness (QED) is 0.835. The van der Waals surface area contributed by atoms with Crippen molar-refractivity contribution in [2.45, 2.75) is 18.9 Å². The maximum absolute atomic E-state index is 9.91. The number of rotatable bonds is 3. The van der Waals surface area contributed by atoms with E-state index >= 15 is 0 Å². The Hall–Kier alpha value is -0.130. The Morgan fingerprint density at radius 2 is 1.85 bits per heavy atom. The van der Waals surface area contributed by atoms with Crippen LogP contribution in [0.15, 0.2) is 24.3 Å². The molecule has 0 aliphatic carbocycles. The van der Waals surface area contributed by atoms with Crippen molar-refractivity contribution < 1.29 is 10.2 Å². The number of aliphatic hydroxyl groups is 2. The van der Waals surface area contributed by atoms with E-state index in [2.05, 4.69) is 22.6 Å². The molecule has 0 amide bonds. The summed E-state index contributed by atoms with van der Waals surface area (Å²) in [7, 11) is 0. The lowest BCUT2D eigenvalue weighted by Crippen LogP contribution is -2.22. The highest BCUT2D eigenvalue weighted by Gasteiger charge is 2.21. The molecule has 3 heteroatoms. The van der Waals surface area contributed by atoms with Crippen molar-refractivity contribution in [1.29, 1.82) is 0 Å². The lowest BCUT2D eigenvalue weighted by Gasteiger charge is -2.22. The minimum Gasteiger partial charge on any atom is -0.396 e. The fourth-order valence-electron chi connectivity index (χ4n) is 1.17. The van der Waals surface area contributed by atoms with Gasteiger partial charge in [0.2, 0.25) is 0 Å². The van der Waals surface area contributed by atoms with Gasteiger partial charge in [-0.25, -0.2) is 0 Å². The highest BCUT2D eigenvalue weighted by atomic mass is 127. The van der Waals surface area contributed by atoms with Crippen LogP contribution in [-0.4, -0.2) is 16.8 Å². The second-order valence-electron chi connectivity index (χ2n) is 3.25. The van der Waals surface area contributed by atoms with E-state index in [1.165, 1.54) is 0 Å². The number of aliphatic hydroxyl groups excluding tert-OH is 1. The maximum atomic E-state index is 9.91. The third-order valence-corrected chi connectivity index (χ3v) is 2.78. The molecule has 0 aromatic heterocycles. The number of hydrogen-bond acceptors (Lipinski definition) is 2. The first-order chi connectivity index (χ1) is 6.06. The van der Waals surface area contributed by atoms with Crippen molar-refractivity contribution in [3.63, 3.8) is 0 Å². The summed E-state index contributed by atoms with van der Waals surface area (Å²) in [6.45, 7) is 1.71. The van der Waals surface area contributed by atoms with Crippen molar-refractivity contribution in [3.05, 3.63) is 33.4 Å². The molecule has 0 heterocycles. The summed E-state index contributed by atoms with van der Waals surface area (Å²) < 4.78 is 1.14. The van der Waals surface area contributed by atoms with Crippen LogP contribution in [0.1, 0.15) is 18.9 Å². The summed E-state index contributed by atoms with van der Waals surface area (Å²) in [4.78, 5) is 0. The molecule has 0 saturated carbocycles. The van der Waals surface area contributed by atoms with E-state index in [0.29, 0.717) is 6.42 Å². The Morgan fingerprint density at radius 1 is 1.31 bits per heavy atom. The molecule has 72 valence electrons. The molecule has 1 aromatic rings. The van der Waals surface area contributed by atoms with E-state index in [0.717, 1.165) is 9.13 Å². The van der Waals surface area contributed by atoms with Gasteiger partial charge in [0.1, 0.15) is 0 Å². The molecule has 0 bridgehead atoms. The van der Waals surface area contributed by atoms with Gasteiger partial charge < -0.3 is 10.2 Å². The molecule has 13 heavy (non-hydrogen) atoms. The van der Waals surface area contributed by atoms with Gasteiger partial charge in [-0.15, -0.1) is 0 Å². The molecule has 2 N–H and O–H groups in total. The molecule has 1 aromatic carbocycles. The molecule has 0 spiro atoms. The van der Waals surface area contributed by atoms with E-state index in [1.807, 2.05) is 24.3 Å². The van der Waals surface area contributed by atoms with Gasteiger partial charge in [0, 0.05) is 16.6 Å². The van der Waals surface area contributed by atoms with E-state index in [4.69, 9.17) is 5.11 Å². The minimum atomic E-state index is -0.918. The lowest BCUT2D eigenvalue weighted by atomic mass is 9.93. The first kappa shape index (κ1) is 10.9. The molecule has 0 aliphatic heterocycles. The van der Waals surface area contributed by atoms with Gasteiger partial charge in [-0.1, -0.05) is 12.1 Å². The molecular formula is C10H13IO2. The molecule has 0 saturated heterocycles. The molecular weight excluding hydrogens is 279 g/mol. The van der Waals surface area contributed by atoms with Gasteiger partial charge in [0.25, 0.3) is 0 Å². The summed E-state index contributed by atoms with van der Waals surface area (Å²) in [5.74, 6) is 0. The van der Waals surface area contributed by atoms with Crippen LogP contribution in [0.25, 0.3) is 0 Å². The second kappa shape index (κ2) is 4.39. The van der Waals surface area contributed by atoms with Crippen molar-refractivity contribution in [2.24, 2.45) is 0 Å². The van der Waals surface area contributed by atoms with Gasteiger partial charge in [-0.3, -0.25) is 0 Å². The summed E-state index contributed by atoms with van der Waals surface area (Å²) in [6, 6.07) is 7.67. The zero-order chi connectivity index (χ0) is 9.90. The molecule has 0 radical (unpaired) electrons. The lowest BCUT2D eigenvalue weighted by molar-refractivity contribution is 0.0299. The van der Waals surface area contributed by atoms with E-state index in [-0.39, 0.29) is 6.61 Å².